The molecule has 9 heteroatoms. The van der Waals surface area contributed by atoms with Crippen molar-refractivity contribution in [1.29, 1.82) is 0 Å². The van der Waals surface area contributed by atoms with Crippen molar-refractivity contribution < 1.29 is 9.59 Å². The van der Waals surface area contributed by atoms with E-state index in [1.165, 1.54) is 16.2 Å². The van der Waals surface area contributed by atoms with Gasteiger partial charge in [-0.15, -0.1) is 22.7 Å². The van der Waals surface area contributed by atoms with Crippen LogP contribution >= 0.6 is 22.7 Å². The summed E-state index contributed by atoms with van der Waals surface area (Å²) in [6.07, 6.45) is 3.77. The number of nitrogens with one attached hydrogen (secondary N) is 1. The van der Waals surface area contributed by atoms with Gasteiger partial charge in [-0.25, -0.2) is 14.8 Å². The third kappa shape index (κ3) is 4.55. The highest BCUT2D eigenvalue weighted by Crippen LogP contribution is 2.22. The zero-order chi connectivity index (χ0) is 17.8. The number of carbonyl (C=O) groups excluding carboxylic acids is 2. The fraction of sp³-hybridized carbons (Fsp3) is 0.500. The monoisotopic (exact) mass is 379 g/mol. The van der Waals surface area contributed by atoms with Crippen molar-refractivity contribution >= 4 is 39.7 Å². The second-order valence-electron chi connectivity index (χ2n) is 5.97. The lowest BCUT2D eigenvalue weighted by Crippen LogP contribution is -2.46. The van der Waals surface area contributed by atoms with Crippen LogP contribution in [0.1, 0.15) is 22.0 Å². The first kappa shape index (κ1) is 17.8. The molecular weight excluding hydrogens is 358 g/mol. The van der Waals surface area contributed by atoms with Gasteiger partial charge in [0.05, 0.1) is 17.1 Å². The summed E-state index contributed by atoms with van der Waals surface area (Å²) >= 11 is 3.06. The Kier molecular flexibility index (Phi) is 5.64. The number of carbonyl (C=O) groups is 2. The number of anilines is 1. The Morgan fingerprint density at radius 2 is 2.32 bits per heavy atom. The fourth-order valence-corrected chi connectivity index (χ4v) is 4.13. The van der Waals surface area contributed by atoms with E-state index >= 15 is 0 Å². The van der Waals surface area contributed by atoms with E-state index in [-0.39, 0.29) is 18.4 Å². The third-order valence-electron chi connectivity index (χ3n) is 3.94. The zero-order valence-electron chi connectivity index (χ0n) is 14.3. The summed E-state index contributed by atoms with van der Waals surface area (Å²) in [5, 5.41) is 6.36. The molecule has 3 rings (SSSR count). The summed E-state index contributed by atoms with van der Waals surface area (Å²) in [5.74, 6) is 0.0215. The molecule has 25 heavy (non-hydrogen) atoms. The second kappa shape index (κ2) is 7.92. The quantitative estimate of drug-likeness (QED) is 0.833. The number of aryl methyl sites for hydroxylation is 1. The Hall–Kier alpha value is -2.00. The van der Waals surface area contributed by atoms with Crippen LogP contribution in [0.15, 0.2) is 11.6 Å². The molecule has 3 amide bonds. The molecule has 134 valence electrons. The molecule has 0 atom stereocenters. The molecule has 1 fully saturated rings. The standard InChI is InChI=1S/C16H21N5O2S2/c1-11-9-18-13(25-11)4-7-20(2)14(22)8-12-10-24-16(19-12)21-6-3-5-17-15(21)23/h9-10H,3-8H2,1-2H3,(H,17,23). The number of urea groups is 1. The third-order valence-corrected chi connectivity index (χ3v) is 5.82. The van der Waals surface area contributed by atoms with Crippen LogP contribution in [0.2, 0.25) is 0 Å². The zero-order valence-corrected chi connectivity index (χ0v) is 16.0. The number of hydrogen-bond acceptors (Lipinski definition) is 6. The first-order valence-electron chi connectivity index (χ1n) is 8.18. The van der Waals surface area contributed by atoms with Crippen LogP contribution in [0.3, 0.4) is 0 Å². The maximum Gasteiger partial charge on any atom is 0.323 e. The van der Waals surface area contributed by atoms with Crippen LogP contribution in [0.4, 0.5) is 9.93 Å². The van der Waals surface area contributed by atoms with Crippen LogP contribution in [-0.2, 0) is 17.6 Å². The first-order valence-corrected chi connectivity index (χ1v) is 9.87. The van der Waals surface area contributed by atoms with Crippen LogP contribution in [0.5, 0.6) is 0 Å². The van der Waals surface area contributed by atoms with Gasteiger partial charge < -0.3 is 10.2 Å². The number of hydrogen-bond donors (Lipinski definition) is 1. The van der Waals surface area contributed by atoms with Crippen molar-refractivity contribution in [2.24, 2.45) is 0 Å². The number of nitrogens with zero attached hydrogens (tertiary/aromatic N) is 4. The van der Waals surface area contributed by atoms with Crippen LogP contribution in [-0.4, -0.2) is 53.5 Å². The first-order chi connectivity index (χ1) is 12.0. The molecule has 2 aromatic heterocycles. The minimum Gasteiger partial charge on any atom is -0.345 e. The highest BCUT2D eigenvalue weighted by Gasteiger charge is 2.22. The van der Waals surface area contributed by atoms with Crippen molar-refractivity contribution in [2.75, 3.05) is 31.6 Å². The largest absolute Gasteiger partial charge is 0.345 e. The van der Waals surface area contributed by atoms with Crippen molar-refractivity contribution in [1.82, 2.24) is 20.2 Å². The molecular formula is C16H21N5O2S2. The topological polar surface area (TPSA) is 78.4 Å². The Morgan fingerprint density at radius 1 is 1.48 bits per heavy atom. The van der Waals surface area contributed by atoms with E-state index in [2.05, 4.69) is 15.3 Å². The highest BCUT2D eigenvalue weighted by molar-refractivity contribution is 7.14. The predicted octanol–water partition coefficient (Wildman–Crippen LogP) is 2.07. The van der Waals surface area contributed by atoms with Gasteiger partial charge in [-0.1, -0.05) is 0 Å². The molecule has 3 heterocycles. The van der Waals surface area contributed by atoms with E-state index in [9.17, 15) is 9.59 Å². The molecule has 7 nitrogen and oxygen atoms in total. The van der Waals surface area contributed by atoms with Gasteiger partial charge in [0, 0.05) is 49.6 Å². The summed E-state index contributed by atoms with van der Waals surface area (Å²) < 4.78 is 0. The van der Waals surface area contributed by atoms with E-state index in [0.717, 1.165) is 17.8 Å². The SMILES string of the molecule is Cc1cnc(CCN(C)C(=O)Cc2csc(N3CCCNC3=O)n2)s1. The summed E-state index contributed by atoms with van der Waals surface area (Å²) in [4.78, 5) is 37.5. The van der Waals surface area contributed by atoms with Crippen molar-refractivity contribution in [3.05, 3.63) is 27.2 Å². The van der Waals surface area contributed by atoms with Gasteiger partial charge in [-0.05, 0) is 13.3 Å². The number of likely N-dealkylation sites (N-methyl/N-ethyl adjacent to an activating group) is 1. The molecule has 0 aromatic carbocycles. The smallest absolute Gasteiger partial charge is 0.323 e. The van der Waals surface area contributed by atoms with Gasteiger partial charge in [-0.2, -0.15) is 0 Å². The number of aromatic nitrogens is 2. The predicted molar refractivity (Wildman–Crippen MR) is 99.4 cm³/mol. The molecule has 0 radical (unpaired) electrons. The maximum atomic E-state index is 12.4. The molecule has 0 bridgehead atoms. The lowest BCUT2D eigenvalue weighted by molar-refractivity contribution is -0.129. The van der Waals surface area contributed by atoms with Gasteiger partial charge in [0.25, 0.3) is 0 Å². The maximum absolute atomic E-state index is 12.4. The molecule has 2 aromatic rings. The molecule has 1 saturated heterocycles. The molecule has 0 saturated carbocycles. The Bertz CT molecular complexity index is 757. The number of thiazole rings is 2. The van der Waals surface area contributed by atoms with Crippen molar-refractivity contribution in [3.63, 3.8) is 0 Å². The number of amides is 3. The van der Waals surface area contributed by atoms with E-state index in [0.29, 0.717) is 30.5 Å². The molecule has 1 aliphatic rings. The average molecular weight is 380 g/mol. The highest BCUT2D eigenvalue weighted by atomic mass is 32.1. The molecule has 0 aliphatic carbocycles. The van der Waals surface area contributed by atoms with Crippen molar-refractivity contribution in [3.8, 4) is 0 Å². The van der Waals surface area contributed by atoms with E-state index in [4.69, 9.17) is 0 Å². The lowest BCUT2D eigenvalue weighted by Gasteiger charge is -2.24. The molecule has 1 aliphatic heterocycles. The van der Waals surface area contributed by atoms with Crippen LogP contribution in [0, 0.1) is 6.92 Å². The van der Waals surface area contributed by atoms with Gasteiger partial charge in [0.15, 0.2) is 5.13 Å². The van der Waals surface area contributed by atoms with Gasteiger partial charge >= 0.3 is 6.03 Å². The summed E-state index contributed by atoms with van der Waals surface area (Å²) in [5.41, 5.74) is 0.709. The Balaban J connectivity index is 1.53. The minimum absolute atomic E-state index is 0.0215. The summed E-state index contributed by atoms with van der Waals surface area (Å²) in [7, 11) is 1.80. The summed E-state index contributed by atoms with van der Waals surface area (Å²) in [6.45, 7) is 4.03. The second-order valence-corrected chi connectivity index (χ2v) is 8.12. The fourth-order valence-electron chi connectivity index (χ4n) is 2.51. The summed E-state index contributed by atoms with van der Waals surface area (Å²) in [6, 6.07) is -0.116. The van der Waals surface area contributed by atoms with E-state index in [1.807, 2.05) is 18.5 Å². The Morgan fingerprint density at radius 3 is 3.04 bits per heavy atom. The molecule has 0 unspecified atom stereocenters. The Labute approximate surface area is 154 Å². The lowest BCUT2D eigenvalue weighted by atomic mass is 10.3. The number of rotatable bonds is 6. The average Bonchev–Trinajstić information content (AvgIpc) is 3.22. The van der Waals surface area contributed by atoms with Gasteiger partial charge in [0.1, 0.15) is 0 Å². The van der Waals surface area contributed by atoms with Crippen LogP contribution in [0.25, 0.3) is 0 Å². The van der Waals surface area contributed by atoms with Gasteiger partial charge in [-0.3, -0.25) is 9.69 Å². The van der Waals surface area contributed by atoms with E-state index in [1.54, 1.807) is 28.2 Å². The minimum atomic E-state index is -0.116. The van der Waals surface area contributed by atoms with Crippen LogP contribution < -0.4 is 10.2 Å². The van der Waals surface area contributed by atoms with Gasteiger partial charge in [0.2, 0.25) is 5.91 Å². The normalized spacial score (nSPS) is 14.5. The van der Waals surface area contributed by atoms with Crippen molar-refractivity contribution in [2.45, 2.75) is 26.2 Å². The van der Waals surface area contributed by atoms with E-state index < -0.39 is 0 Å². The molecule has 0 spiro atoms. The molecule has 1 N–H and O–H groups in total.